The number of aliphatic hydroxyl groups is 1. The van der Waals surface area contributed by atoms with E-state index in [4.69, 9.17) is 0 Å². The Hall–Kier alpha value is -2.93. The lowest BCUT2D eigenvalue weighted by Gasteiger charge is -2.14. The van der Waals surface area contributed by atoms with E-state index in [1.54, 1.807) is 6.07 Å². The summed E-state index contributed by atoms with van der Waals surface area (Å²) in [7, 11) is 0. The van der Waals surface area contributed by atoms with Crippen LogP contribution in [0, 0.1) is 17.5 Å². The van der Waals surface area contributed by atoms with Gasteiger partial charge in [0.25, 0.3) is 5.56 Å². The molecule has 4 nitrogen and oxygen atoms in total. The van der Waals surface area contributed by atoms with Gasteiger partial charge in [-0.25, -0.2) is 17.9 Å². The van der Waals surface area contributed by atoms with Crippen molar-refractivity contribution in [3.05, 3.63) is 88.0 Å². The lowest BCUT2D eigenvalue weighted by molar-refractivity contribution is 0.140. The number of benzene rings is 2. The Morgan fingerprint density at radius 3 is 2.24 bits per heavy atom. The Morgan fingerprint density at radius 2 is 1.56 bits per heavy atom. The number of rotatable bonds is 4. The van der Waals surface area contributed by atoms with E-state index in [0.717, 1.165) is 22.9 Å². The lowest BCUT2D eigenvalue weighted by Crippen LogP contribution is -2.26. The third kappa shape index (κ3) is 3.46. The maximum Gasteiger partial charge on any atom is 0.266 e. The van der Waals surface area contributed by atoms with Gasteiger partial charge >= 0.3 is 0 Å². The second-order valence-electron chi connectivity index (χ2n) is 5.37. The first-order chi connectivity index (χ1) is 12.0. The van der Waals surface area contributed by atoms with Crippen molar-refractivity contribution in [3.8, 4) is 11.3 Å². The second kappa shape index (κ2) is 6.90. The molecule has 25 heavy (non-hydrogen) atoms. The predicted molar refractivity (Wildman–Crippen MR) is 85.2 cm³/mol. The topological polar surface area (TPSA) is 55.1 Å². The molecule has 1 atom stereocenters. The SMILES string of the molecule is O=c1ccc(-c2ccccc2F)nn1CC(O)c1c(F)cccc1F. The third-order valence-electron chi connectivity index (χ3n) is 3.70. The van der Waals surface area contributed by atoms with Crippen LogP contribution in [0.5, 0.6) is 0 Å². The van der Waals surface area contributed by atoms with E-state index < -0.39 is 41.2 Å². The number of nitrogens with zero attached hydrogens (tertiary/aromatic N) is 2. The van der Waals surface area contributed by atoms with Crippen molar-refractivity contribution in [2.45, 2.75) is 12.6 Å². The number of hydrogen-bond donors (Lipinski definition) is 1. The molecule has 1 aromatic heterocycles. The van der Waals surface area contributed by atoms with Crippen LogP contribution in [0.15, 0.2) is 59.4 Å². The molecule has 1 heterocycles. The van der Waals surface area contributed by atoms with E-state index in [0.29, 0.717) is 0 Å². The van der Waals surface area contributed by atoms with Gasteiger partial charge in [-0.1, -0.05) is 18.2 Å². The summed E-state index contributed by atoms with van der Waals surface area (Å²) in [5.74, 6) is -2.38. The smallest absolute Gasteiger partial charge is 0.266 e. The average molecular weight is 346 g/mol. The van der Waals surface area contributed by atoms with Crippen LogP contribution < -0.4 is 5.56 Å². The largest absolute Gasteiger partial charge is 0.386 e. The Kier molecular flexibility index (Phi) is 4.67. The molecule has 0 fully saturated rings. The van der Waals surface area contributed by atoms with Crippen molar-refractivity contribution < 1.29 is 18.3 Å². The van der Waals surface area contributed by atoms with Crippen LogP contribution >= 0.6 is 0 Å². The Balaban J connectivity index is 1.97. The van der Waals surface area contributed by atoms with Gasteiger partial charge in [-0.15, -0.1) is 0 Å². The summed E-state index contributed by atoms with van der Waals surface area (Å²) in [6.45, 7) is -0.473. The fourth-order valence-electron chi connectivity index (χ4n) is 2.48. The normalized spacial score (nSPS) is 12.2. The van der Waals surface area contributed by atoms with Crippen molar-refractivity contribution in [2.75, 3.05) is 0 Å². The van der Waals surface area contributed by atoms with Crippen molar-refractivity contribution in [1.82, 2.24) is 9.78 Å². The van der Waals surface area contributed by atoms with Crippen LogP contribution in [0.3, 0.4) is 0 Å². The molecule has 2 aromatic carbocycles. The minimum absolute atomic E-state index is 0.166. The second-order valence-corrected chi connectivity index (χ2v) is 5.37. The molecule has 3 rings (SSSR count). The number of halogens is 3. The zero-order chi connectivity index (χ0) is 18.0. The molecule has 7 heteroatoms. The van der Waals surface area contributed by atoms with Crippen LogP contribution in [0.4, 0.5) is 13.2 Å². The fraction of sp³-hybridized carbons (Fsp3) is 0.111. The molecule has 3 aromatic rings. The van der Waals surface area contributed by atoms with Gasteiger partial charge in [0.1, 0.15) is 23.6 Å². The molecule has 1 N–H and O–H groups in total. The van der Waals surface area contributed by atoms with Gasteiger partial charge in [0.05, 0.1) is 17.8 Å². The highest BCUT2D eigenvalue weighted by molar-refractivity contribution is 5.58. The van der Waals surface area contributed by atoms with Crippen molar-refractivity contribution in [2.24, 2.45) is 0 Å². The van der Waals surface area contributed by atoms with Crippen LogP contribution in [0.1, 0.15) is 11.7 Å². The predicted octanol–water partition coefficient (Wildman–Crippen LogP) is 3.06. The zero-order valence-corrected chi connectivity index (χ0v) is 12.9. The molecular weight excluding hydrogens is 333 g/mol. The summed E-state index contributed by atoms with van der Waals surface area (Å²) in [4.78, 5) is 11.9. The summed E-state index contributed by atoms with van der Waals surface area (Å²) in [5, 5.41) is 14.1. The maximum atomic E-state index is 13.9. The summed E-state index contributed by atoms with van der Waals surface area (Å²) in [6, 6.07) is 11.5. The monoisotopic (exact) mass is 346 g/mol. The lowest BCUT2D eigenvalue weighted by atomic mass is 10.1. The summed E-state index contributed by atoms with van der Waals surface area (Å²) >= 11 is 0. The van der Waals surface area contributed by atoms with E-state index in [2.05, 4.69) is 5.10 Å². The highest BCUT2D eigenvalue weighted by Gasteiger charge is 2.19. The van der Waals surface area contributed by atoms with Crippen LogP contribution in [-0.4, -0.2) is 14.9 Å². The Labute approximate surface area is 140 Å². The number of aliphatic hydroxyl groups excluding tert-OH is 1. The minimum Gasteiger partial charge on any atom is -0.386 e. The first-order valence-electron chi connectivity index (χ1n) is 7.42. The van der Waals surface area contributed by atoms with E-state index in [1.807, 2.05) is 0 Å². The van der Waals surface area contributed by atoms with Crippen LogP contribution in [0.2, 0.25) is 0 Å². The molecule has 0 aliphatic heterocycles. The standard InChI is InChI=1S/C18H13F3N2O2/c19-12-5-2-1-4-11(12)15-8-9-17(25)23(22-15)10-16(24)18-13(20)6-3-7-14(18)21/h1-9,16,24H,10H2. The number of aromatic nitrogens is 2. The van der Waals surface area contributed by atoms with Gasteiger partial charge < -0.3 is 5.11 Å². The van der Waals surface area contributed by atoms with Gasteiger partial charge in [0, 0.05) is 11.6 Å². The van der Waals surface area contributed by atoms with Crippen molar-refractivity contribution in [1.29, 1.82) is 0 Å². The van der Waals surface area contributed by atoms with Crippen LogP contribution in [-0.2, 0) is 6.54 Å². The molecule has 0 radical (unpaired) electrons. The van der Waals surface area contributed by atoms with Gasteiger partial charge in [-0.2, -0.15) is 5.10 Å². The molecule has 0 amide bonds. The molecule has 128 valence electrons. The third-order valence-corrected chi connectivity index (χ3v) is 3.70. The molecule has 0 bridgehead atoms. The minimum atomic E-state index is -1.62. The molecule has 0 saturated heterocycles. The van der Waals surface area contributed by atoms with Crippen LogP contribution in [0.25, 0.3) is 11.3 Å². The summed E-state index contributed by atoms with van der Waals surface area (Å²) in [6.07, 6.45) is -1.62. The van der Waals surface area contributed by atoms with Gasteiger partial charge in [0.2, 0.25) is 0 Å². The van der Waals surface area contributed by atoms with E-state index in [1.165, 1.54) is 30.3 Å². The Bertz CT molecular complexity index is 952. The molecule has 0 aliphatic rings. The first-order valence-corrected chi connectivity index (χ1v) is 7.42. The van der Waals surface area contributed by atoms with Crippen molar-refractivity contribution >= 4 is 0 Å². The quantitative estimate of drug-likeness (QED) is 0.790. The average Bonchev–Trinajstić information content (AvgIpc) is 2.57. The highest BCUT2D eigenvalue weighted by atomic mass is 19.1. The highest BCUT2D eigenvalue weighted by Crippen LogP contribution is 2.22. The first kappa shape index (κ1) is 16.9. The zero-order valence-electron chi connectivity index (χ0n) is 12.9. The van der Waals surface area contributed by atoms with Gasteiger partial charge in [-0.3, -0.25) is 4.79 Å². The van der Waals surface area contributed by atoms with Gasteiger partial charge in [0.15, 0.2) is 0 Å². The molecule has 0 aliphatic carbocycles. The fourth-order valence-corrected chi connectivity index (χ4v) is 2.48. The van der Waals surface area contributed by atoms with Crippen molar-refractivity contribution in [3.63, 3.8) is 0 Å². The summed E-state index contributed by atoms with van der Waals surface area (Å²) in [5.41, 5.74) is -0.801. The molecule has 0 saturated carbocycles. The molecular formula is C18H13F3N2O2. The van der Waals surface area contributed by atoms with E-state index >= 15 is 0 Å². The summed E-state index contributed by atoms with van der Waals surface area (Å²) < 4.78 is 42.2. The van der Waals surface area contributed by atoms with E-state index in [-0.39, 0.29) is 11.3 Å². The maximum absolute atomic E-state index is 13.9. The van der Waals surface area contributed by atoms with E-state index in [9.17, 15) is 23.1 Å². The number of hydrogen-bond acceptors (Lipinski definition) is 3. The molecule has 0 spiro atoms. The molecule has 1 unspecified atom stereocenters. The Morgan fingerprint density at radius 1 is 0.920 bits per heavy atom. The van der Waals surface area contributed by atoms with Gasteiger partial charge in [-0.05, 0) is 30.3 Å².